The van der Waals surface area contributed by atoms with E-state index in [1.807, 2.05) is 0 Å². The van der Waals surface area contributed by atoms with Gasteiger partial charge in [0, 0.05) is 25.7 Å². The Balaban J connectivity index is 2.43. The van der Waals surface area contributed by atoms with E-state index in [1.54, 1.807) is 0 Å². The van der Waals surface area contributed by atoms with E-state index in [2.05, 4.69) is 28.8 Å². The lowest BCUT2D eigenvalue weighted by Gasteiger charge is -2.35. The molecule has 5 heteroatoms. The van der Waals surface area contributed by atoms with E-state index in [1.165, 1.54) is 7.11 Å². The van der Waals surface area contributed by atoms with Gasteiger partial charge >= 0.3 is 6.09 Å². The molecule has 1 amide bonds. The third-order valence-electron chi connectivity index (χ3n) is 2.97. The van der Waals surface area contributed by atoms with Crippen molar-refractivity contribution in [1.82, 2.24) is 10.2 Å². The van der Waals surface area contributed by atoms with E-state index in [0.717, 1.165) is 32.7 Å². The molecular weight excluding hydrogens is 220 g/mol. The van der Waals surface area contributed by atoms with Gasteiger partial charge in [0.2, 0.25) is 0 Å². The predicted octanol–water partition coefficient (Wildman–Crippen LogP) is 1.09. The first-order valence-corrected chi connectivity index (χ1v) is 6.27. The molecule has 0 bridgehead atoms. The number of rotatable bonds is 5. The second kappa shape index (κ2) is 7.50. The maximum Gasteiger partial charge on any atom is 0.406 e. The van der Waals surface area contributed by atoms with Crippen LogP contribution in [0.3, 0.4) is 0 Å². The first-order valence-electron chi connectivity index (χ1n) is 6.27. The Hall–Kier alpha value is -0.810. The molecule has 0 saturated carbocycles. The Kier molecular flexibility index (Phi) is 6.29. The van der Waals surface area contributed by atoms with Gasteiger partial charge in [0.15, 0.2) is 0 Å². The number of alkyl carbamates (subject to hydrolysis) is 1. The fourth-order valence-corrected chi connectivity index (χ4v) is 2.12. The molecule has 1 aliphatic rings. The predicted molar refractivity (Wildman–Crippen MR) is 66.0 cm³/mol. The number of morpholine rings is 1. The van der Waals surface area contributed by atoms with Crippen molar-refractivity contribution < 1.29 is 14.3 Å². The summed E-state index contributed by atoms with van der Waals surface area (Å²) in [6, 6.07) is 0.373. The number of methoxy groups -OCH3 is 1. The Bertz CT molecular complexity index is 228. The third kappa shape index (κ3) is 5.37. The van der Waals surface area contributed by atoms with Crippen LogP contribution >= 0.6 is 0 Å². The molecule has 17 heavy (non-hydrogen) atoms. The van der Waals surface area contributed by atoms with Gasteiger partial charge in [-0.15, -0.1) is 0 Å². The lowest BCUT2D eigenvalue weighted by Crippen LogP contribution is -2.49. The fourth-order valence-electron chi connectivity index (χ4n) is 2.12. The van der Waals surface area contributed by atoms with Gasteiger partial charge in [-0.1, -0.05) is 13.8 Å². The topological polar surface area (TPSA) is 50.8 Å². The quantitative estimate of drug-likeness (QED) is 0.786. The highest BCUT2D eigenvalue weighted by atomic mass is 16.5. The minimum Gasteiger partial charge on any atom is -0.453 e. The van der Waals surface area contributed by atoms with Gasteiger partial charge in [-0.3, -0.25) is 4.90 Å². The number of hydrogen-bond acceptors (Lipinski definition) is 4. The molecule has 0 radical (unpaired) electrons. The summed E-state index contributed by atoms with van der Waals surface area (Å²) >= 11 is 0. The molecule has 1 atom stereocenters. The van der Waals surface area contributed by atoms with Crippen LogP contribution in [0.15, 0.2) is 0 Å². The molecule has 0 aromatic rings. The van der Waals surface area contributed by atoms with E-state index in [9.17, 15) is 4.79 Å². The molecule has 0 spiro atoms. The molecule has 0 aliphatic carbocycles. The molecule has 0 aromatic heterocycles. The van der Waals surface area contributed by atoms with Gasteiger partial charge in [0.25, 0.3) is 0 Å². The Labute approximate surface area is 103 Å². The summed E-state index contributed by atoms with van der Waals surface area (Å²) in [7, 11) is 1.39. The summed E-state index contributed by atoms with van der Waals surface area (Å²) in [5.41, 5.74) is 0. The molecule has 1 fully saturated rings. The molecule has 1 unspecified atom stereocenters. The van der Waals surface area contributed by atoms with Crippen molar-refractivity contribution in [1.29, 1.82) is 0 Å². The third-order valence-corrected chi connectivity index (χ3v) is 2.97. The number of amides is 1. The second-order valence-electron chi connectivity index (χ2n) is 4.80. The van der Waals surface area contributed by atoms with Crippen LogP contribution in [0.2, 0.25) is 0 Å². The van der Waals surface area contributed by atoms with E-state index in [0.29, 0.717) is 18.5 Å². The largest absolute Gasteiger partial charge is 0.453 e. The number of nitrogens with zero attached hydrogens (tertiary/aromatic N) is 1. The first kappa shape index (κ1) is 14.3. The normalized spacial score (nSPS) is 19.1. The van der Waals surface area contributed by atoms with Crippen molar-refractivity contribution in [2.75, 3.05) is 40.0 Å². The van der Waals surface area contributed by atoms with Crippen LogP contribution in [0.25, 0.3) is 0 Å². The molecule has 1 saturated heterocycles. The maximum atomic E-state index is 11.1. The van der Waals surface area contributed by atoms with Crippen molar-refractivity contribution in [3.8, 4) is 0 Å². The summed E-state index contributed by atoms with van der Waals surface area (Å²) in [5.74, 6) is 0.613. The lowest BCUT2D eigenvalue weighted by atomic mass is 10.0. The number of nitrogens with one attached hydrogen (secondary N) is 1. The van der Waals surface area contributed by atoms with Crippen LogP contribution in [0, 0.1) is 5.92 Å². The van der Waals surface area contributed by atoms with Crippen LogP contribution in [-0.4, -0.2) is 57.0 Å². The zero-order valence-electron chi connectivity index (χ0n) is 11.1. The highest BCUT2D eigenvalue weighted by Gasteiger charge is 2.22. The van der Waals surface area contributed by atoms with Crippen molar-refractivity contribution in [2.45, 2.75) is 26.3 Å². The summed E-state index contributed by atoms with van der Waals surface area (Å²) in [6.45, 7) is 8.50. The molecule has 5 nitrogen and oxygen atoms in total. The van der Waals surface area contributed by atoms with Crippen LogP contribution in [0.5, 0.6) is 0 Å². The number of carbonyl (C=O) groups is 1. The monoisotopic (exact) mass is 244 g/mol. The summed E-state index contributed by atoms with van der Waals surface area (Å²) in [5, 5.41) is 2.79. The Morgan fingerprint density at radius 2 is 2.06 bits per heavy atom. The molecule has 1 heterocycles. The summed E-state index contributed by atoms with van der Waals surface area (Å²) in [4.78, 5) is 13.5. The minimum atomic E-state index is -0.355. The summed E-state index contributed by atoms with van der Waals surface area (Å²) in [6.07, 6.45) is 0.719. The van der Waals surface area contributed by atoms with Gasteiger partial charge in [-0.25, -0.2) is 4.79 Å². The van der Waals surface area contributed by atoms with Gasteiger partial charge in [-0.05, 0) is 12.3 Å². The zero-order valence-corrected chi connectivity index (χ0v) is 11.1. The van der Waals surface area contributed by atoms with Gasteiger partial charge < -0.3 is 14.8 Å². The number of carbonyl (C=O) groups excluding carboxylic acids is 1. The molecule has 100 valence electrons. The number of ether oxygens (including phenoxy) is 2. The maximum absolute atomic E-state index is 11.1. The van der Waals surface area contributed by atoms with E-state index < -0.39 is 0 Å². The molecule has 0 aromatic carbocycles. The highest BCUT2D eigenvalue weighted by molar-refractivity contribution is 5.66. The smallest absolute Gasteiger partial charge is 0.406 e. The zero-order chi connectivity index (χ0) is 12.7. The SMILES string of the molecule is COC(=O)NCC(CC(C)C)N1CCOCC1. The van der Waals surface area contributed by atoms with Crippen molar-refractivity contribution >= 4 is 6.09 Å². The van der Waals surface area contributed by atoms with Crippen molar-refractivity contribution in [2.24, 2.45) is 5.92 Å². The van der Waals surface area contributed by atoms with E-state index >= 15 is 0 Å². The van der Waals surface area contributed by atoms with Crippen molar-refractivity contribution in [3.63, 3.8) is 0 Å². The van der Waals surface area contributed by atoms with Crippen LogP contribution in [0.1, 0.15) is 20.3 Å². The summed E-state index contributed by atoms with van der Waals surface area (Å²) < 4.78 is 9.95. The van der Waals surface area contributed by atoms with Crippen LogP contribution < -0.4 is 5.32 Å². The fraction of sp³-hybridized carbons (Fsp3) is 0.917. The van der Waals surface area contributed by atoms with E-state index in [4.69, 9.17) is 4.74 Å². The average Bonchev–Trinajstić information content (AvgIpc) is 2.34. The lowest BCUT2D eigenvalue weighted by molar-refractivity contribution is 0.0124. The molecular formula is C12H24N2O3. The molecule has 1 rings (SSSR count). The molecule has 1 aliphatic heterocycles. The second-order valence-corrected chi connectivity index (χ2v) is 4.80. The van der Waals surface area contributed by atoms with Crippen molar-refractivity contribution in [3.05, 3.63) is 0 Å². The Morgan fingerprint density at radius 1 is 1.41 bits per heavy atom. The first-order chi connectivity index (χ1) is 8.13. The van der Waals surface area contributed by atoms with Gasteiger partial charge in [0.05, 0.1) is 20.3 Å². The standard InChI is InChI=1S/C12H24N2O3/c1-10(2)8-11(9-13-12(15)16-3)14-4-6-17-7-5-14/h10-11H,4-9H2,1-3H3,(H,13,15). The average molecular weight is 244 g/mol. The van der Waals surface area contributed by atoms with Crippen LogP contribution in [0.4, 0.5) is 4.79 Å². The Morgan fingerprint density at radius 3 is 2.59 bits per heavy atom. The highest BCUT2D eigenvalue weighted by Crippen LogP contribution is 2.12. The van der Waals surface area contributed by atoms with Gasteiger partial charge in [0.1, 0.15) is 0 Å². The number of hydrogen-bond donors (Lipinski definition) is 1. The van der Waals surface area contributed by atoms with Crippen LogP contribution in [-0.2, 0) is 9.47 Å². The minimum absolute atomic E-state index is 0.355. The van der Waals surface area contributed by atoms with E-state index in [-0.39, 0.29) is 6.09 Å². The molecule has 1 N–H and O–H groups in total. The van der Waals surface area contributed by atoms with Gasteiger partial charge in [-0.2, -0.15) is 0 Å².